The van der Waals surface area contributed by atoms with Crippen LogP contribution in [0, 0.1) is 0 Å². The molecule has 132 valence electrons. The average molecular weight is 357 g/mol. The fourth-order valence-electron chi connectivity index (χ4n) is 2.50. The van der Waals surface area contributed by atoms with Crippen LogP contribution in [0.1, 0.15) is 50.2 Å². The van der Waals surface area contributed by atoms with E-state index in [0.29, 0.717) is 18.1 Å². The molecular weight excluding hydrogens is 332 g/mol. The van der Waals surface area contributed by atoms with Gasteiger partial charge < -0.3 is 4.74 Å². The van der Waals surface area contributed by atoms with E-state index in [1.807, 2.05) is 54.6 Å². The monoisotopic (exact) mass is 356 g/mol. The second-order valence-electron chi connectivity index (χ2n) is 6.10. The Balaban J connectivity index is 1.85. The zero-order valence-corrected chi connectivity index (χ0v) is 15.5. The third-order valence-corrected chi connectivity index (χ3v) is 4.13. The first kappa shape index (κ1) is 19.3. The number of ether oxygens (including phenoxy) is 1. The van der Waals surface area contributed by atoms with Crippen LogP contribution in [0.4, 0.5) is 0 Å². The van der Waals surface area contributed by atoms with Crippen molar-refractivity contribution < 1.29 is 9.53 Å². The Bertz CT molecular complexity index is 707. The molecule has 0 bridgehead atoms. The number of carbonyl (C=O) groups excluding carboxylic acids is 1. The molecule has 25 heavy (non-hydrogen) atoms. The van der Waals surface area contributed by atoms with E-state index < -0.39 is 0 Å². The molecular formula is C22H25ClO2. The van der Waals surface area contributed by atoms with Crippen molar-refractivity contribution in [1.29, 1.82) is 0 Å². The quantitative estimate of drug-likeness (QED) is 0.360. The molecule has 0 fully saturated rings. The molecule has 2 aromatic rings. The minimum absolute atomic E-state index is 0.182. The Morgan fingerprint density at radius 3 is 2.72 bits per heavy atom. The van der Waals surface area contributed by atoms with Gasteiger partial charge >= 0.3 is 0 Å². The molecule has 2 rings (SSSR count). The van der Waals surface area contributed by atoms with E-state index in [9.17, 15) is 4.79 Å². The molecule has 0 amide bonds. The second kappa shape index (κ2) is 10.7. The van der Waals surface area contributed by atoms with Gasteiger partial charge in [-0.15, -0.1) is 0 Å². The Morgan fingerprint density at radius 1 is 1.08 bits per heavy atom. The molecule has 0 saturated heterocycles. The molecule has 0 saturated carbocycles. The van der Waals surface area contributed by atoms with Crippen LogP contribution in [-0.4, -0.2) is 5.78 Å². The molecule has 0 aliphatic carbocycles. The van der Waals surface area contributed by atoms with Gasteiger partial charge in [-0.25, -0.2) is 0 Å². The average Bonchev–Trinajstić information content (AvgIpc) is 2.62. The summed E-state index contributed by atoms with van der Waals surface area (Å²) >= 11 is 5.98. The summed E-state index contributed by atoms with van der Waals surface area (Å²) in [7, 11) is 0. The van der Waals surface area contributed by atoms with Crippen molar-refractivity contribution in [3.05, 3.63) is 70.8 Å². The molecule has 0 aliphatic heterocycles. The molecule has 0 radical (unpaired) electrons. The summed E-state index contributed by atoms with van der Waals surface area (Å²) in [6.07, 6.45) is 8.63. The van der Waals surface area contributed by atoms with Crippen molar-refractivity contribution in [2.24, 2.45) is 0 Å². The van der Waals surface area contributed by atoms with E-state index in [1.54, 1.807) is 6.08 Å². The van der Waals surface area contributed by atoms with Crippen molar-refractivity contribution in [1.82, 2.24) is 0 Å². The molecule has 0 heterocycles. The van der Waals surface area contributed by atoms with Gasteiger partial charge in [0, 0.05) is 11.4 Å². The highest BCUT2D eigenvalue weighted by molar-refractivity contribution is 6.30. The summed E-state index contributed by atoms with van der Waals surface area (Å²) < 4.78 is 5.81. The minimum Gasteiger partial charge on any atom is -0.489 e. The topological polar surface area (TPSA) is 26.3 Å². The SMILES string of the molecule is CCCCCCC(=O)C=Cc1cccc(OCc2cccc(Cl)c2)c1. The number of benzene rings is 2. The number of carbonyl (C=O) groups is 1. The summed E-state index contributed by atoms with van der Waals surface area (Å²) in [6, 6.07) is 15.4. The van der Waals surface area contributed by atoms with Crippen LogP contribution >= 0.6 is 11.6 Å². The zero-order chi connectivity index (χ0) is 17.9. The Hall–Kier alpha value is -2.06. The number of halogens is 1. The van der Waals surface area contributed by atoms with Gasteiger partial charge in [0.15, 0.2) is 5.78 Å². The van der Waals surface area contributed by atoms with E-state index >= 15 is 0 Å². The van der Waals surface area contributed by atoms with Crippen molar-refractivity contribution in [3.63, 3.8) is 0 Å². The molecule has 0 unspecified atom stereocenters. The van der Waals surface area contributed by atoms with Gasteiger partial charge in [0.25, 0.3) is 0 Å². The number of unbranched alkanes of at least 4 members (excludes halogenated alkanes) is 3. The van der Waals surface area contributed by atoms with Crippen molar-refractivity contribution in [2.75, 3.05) is 0 Å². The Labute approximate surface area is 155 Å². The van der Waals surface area contributed by atoms with Gasteiger partial charge in [-0.05, 0) is 47.9 Å². The lowest BCUT2D eigenvalue weighted by atomic mass is 10.1. The van der Waals surface area contributed by atoms with Gasteiger partial charge in [0.05, 0.1) is 0 Å². The van der Waals surface area contributed by atoms with Crippen LogP contribution < -0.4 is 4.74 Å². The van der Waals surface area contributed by atoms with Crippen LogP contribution in [0.3, 0.4) is 0 Å². The van der Waals surface area contributed by atoms with Gasteiger partial charge in [0.2, 0.25) is 0 Å². The molecule has 2 aromatic carbocycles. The van der Waals surface area contributed by atoms with Gasteiger partial charge in [-0.2, -0.15) is 0 Å². The van der Waals surface area contributed by atoms with Gasteiger partial charge in [-0.3, -0.25) is 4.79 Å². The largest absolute Gasteiger partial charge is 0.489 e. The highest BCUT2D eigenvalue weighted by Gasteiger charge is 2.00. The van der Waals surface area contributed by atoms with E-state index in [0.717, 1.165) is 29.7 Å². The summed E-state index contributed by atoms with van der Waals surface area (Å²) in [4.78, 5) is 11.9. The van der Waals surface area contributed by atoms with Gasteiger partial charge in [0.1, 0.15) is 12.4 Å². The molecule has 0 spiro atoms. The molecule has 3 heteroatoms. The van der Waals surface area contributed by atoms with Crippen molar-refractivity contribution in [2.45, 2.75) is 45.6 Å². The third-order valence-electron chi connectivity index (χ3n) is 3.89. The van der Waals surface area contributed by atoms with E-state index in [1.165, 1.54) is 12.8 Å². The number of hydrogen-bond donors (Lipinski definition) is 0. The van der Waals surface area contributed by atoms with Crippen LogP contribution in [0.2, 0.25) is 5.02 Å². The first-order valence-corrected chi connectivity index (χ1v) is 9.23. The second-order valence-corrected chi connectivity index (χ2v) is 6.54. The fourth-order valence-corrected chi connectivity index (χ4v) is 2.71. The fraction of sp³-hybridized carbons (Fsp3) is 0.318. The minimum atomic E-state index is 0.182. The third kappa shape index (κ3) is 7.57. The molecule has 0 aromatic heterocycles. The maximum absolute atomic E-state index is 11.9. The standard InChI is InChI=1S/C22H25ClO2/c1-2-3-4-5-11-21(24)14-13-18-8-7-12-22(16-18)25-17-19-9-6-10-20(23)15-19/h6-10,12-16H,2-5,11,17H2,1H3. The van der Waals surface area contributed by atoms with Crippen LogP contribution in [0.15, 0.2) is 54.6 Å². The first-order valence-electron chi connectivity index (χ1n) is 8.85. The Kier molecular flexibility index (Phi) is 8.27. The number of rotatable bonds is 10. The highest BCUT2D eigenvalue weighted by Crippen LogP contribution is 2.18. The number of ketones is 1. The van der Waals surface area contributed by atoms with Crippen LogP contribution in [0.25, 0.3) is 6.08 Å². The summed E-state index contributed by atoms with van der Waals surface area (Å²) in [5.41, 5.74) is 1.99. The van der Waals surface area contributed by atoms with Gasteiger partial charge in [-0.1, -0.05) is 68.1 Å². The molecule has 0 atom stereocenters. The lowest BCUT2D eigenvalue weighted by molar-refractivity contribution is -0.114. The zero-order valence-electron chi connectivity index (χ0n) is 14.7. The summed E-state index contributed by atoms with van der Waals surface area (Å²) in [6.45, 7) is 2.63. The van der Waals surface area contributed by atoms with Crippen molar-refractivity contribution >= 4 is 23.5 Å². The van der Waals surface area contributed by atoms with Crippen molar-refractivity contribution in [3.8, 4) is 5.75 Å². The lowest BCUT2D eigenvalue weighted by Gasteiger charge is -2.07. The first-order chi connectivity index (χ1) is 12.2. The Morgan fingerprint density at radius 2 is 1.92 bits per heavy atom. The van der Waals surface area contributed by atoms with E-state index in [4.69, 9.17) is 16.3 Å². The number of allylic oxidation sites excluding steroid dienone is 1. The summed E-state index contributed by atoms with van der Waals surface area (Å²) in [5, 5.41) is 0.704. The molecule has 2 nitrogen and oxygen atoms in total. The van der Waals surface area contributed by atoms with E-state index in [-0.39, 0.29) is 5.78 Å². The van der Waals surface area contributed by atoms with E-state index in [2.05, 4.69) is 6.92 Å². The number of hydrogen-bond acceptors (Lipinski definition) is 2. The highest BCUT2D eigenvalue weighted by atomic mass is 35.5. The van der Waals surface area contributed by atoms with Crippen LogP contribution in [-0.2, 0) is 11.4 Å². The summed E-state index contributed by atoms with van der Waals surface area (Å²) in [5.74, 6) is 0.957. The normalized spacial score (nSPS) is 11.0. The molecule has 0 aliphatic rings. The predicted octanol–water partition coefficient (Wildman–Crippen LogP) is 6.47. The smallest absolute Gasteiger partial charge is 0.155 e. The molecule has 0 N–H and O–H groups in total. The van der Waals surface area contributed by atoms with Crippen LogP contribution in [0.5, 0.6) is 5.75 Å². The predicted molar refractivity (Wildman–Crippen MR) is 105 cm³/mol. The maximum atomic E-state index is 11.9. The lowest BCUT2D eigenvalue weighted by Crippen LogP contribution is -1.95. The maximum Gasteiger partial charge on any atom is 0.155 e.